The average molecular weight is 422 g/mol. The Morgan fingerprint density at radius 1 is 1.18 bits per heavy atom. The van der Waals surface area contributed by atoms with Crippen LogP contribution >= 0.6 is 24.0 Å². The van der Waals surface area contributed by atoms with Gasteiger partial charge in [-0.3, -0.25) is 20.4 Å². The summed E-state index contributed by atoms with van der Waals surface area (Å²) in [6.45, 7) is 3.31. The maximum Gasteiger partial charge on any atom is 0.290 e. The van der Waals surface area contributed by atoms with Gasteiger partial charge in [0.25, 0.3) is 11.5 Å². The number of carbonyl (C=O) groups excluding carboxylic acids is 1. The first-order valence-corrected chi connectivity index (χ1v) is 11.2. The number of rotatable bonds is 9. The Labute approximate surface area is 174 Å². The number of benzene rings is 1. The molecule has 2 aromatic rings. The Morgan fingerprint density at radius 3 is 2.64 bits per heavy atom. The molecule has 0 aliphatic carbocycles. The molecular formula is C19H27N5O2S2. The summed E-state index contributed by atoms with van der Waals surface area (Å²) < 4.78 is 1.38. The van der Waals surface area contributed by atoms with Gasteiger partial charge in [-0.25, -0.2) is 4.68 Å². The predicted molar refractivity (Wildman–Crippen MR) is 120 cm³/mol. The summed E-state index contributed by atoms with van der Waals surface area (Å²) in [7, 11) is 0. The zero-order valence-corrected chi connectivity index (χ0v) is 17.9. The van der Waals surface area contributed by atoms with E-state index in [1.54, 1.807) is 36.0 Å². The van der Waals surface area contributed by atoms with Crippen molar-refractivity contribution in [3.05, 3.63) is 40.3 Å². The summed E-state index contributed by atoms with van der Waals surface area (Å²) in [4.78, 5) is 25.3. The SMILES string of the molecule is CCCCCn1nc(C(=O)NNC(=S)NCCCSC)c2ccccc2c1=O. The van der Waals surface area contributed by atoms with Crippen LogP contribution in [0.1, 0.15) is 43.1 Å². The van der Waals surface area contributed by atoms with E-state index in [-0.39, 0.29) is 11.3 Å². The zero-order chi connectivity index (χ0) is 20.4. The lowest BCUT2D eigenvalue weighted by Gasteiger charge is -2.13. The van der Waals surface area contributed by atoms with E-state index >= 15 is 0 Å². The number of thioether (sulfide) groups is 1. The molecule has 1 aromatic heterocycles. The molecule has 28 heavy (non-hydrogen) atoms. The maximum absolute atomic E-state index is 12.7. The van der Waals surface area contributed by atoms with Gasteiger partial charge in [-0.15, -0.1) is 0 Å². The molecule has 0 unspecified atom stereocenters. The molecule has 0 saturated carbocycles. The predicted octanol–water partition coefficient (Wildman–Crippen LogP) is 2.45. The van der Waals surface area contributed by atoms with E-state index in [1.165, 1.54) is 4.68 Å². The smallest absolute Gasteiger partial charge is 0.290 e. The summed E-state index contributed by atoms with van der Waals surface area (Å²) in [6, 6.07) is 7.02. The van der Waals surface area contributed by atoms with E-state index < -0.39 is 5.91 Å². The molecule has 0 atom stereocenters. The van der Waals surface area contributed by atoms with Gasteiger partial charge in [-0.05, 0) is 43.1 Å². The largest absolute Gasteiger partial charge is 0.361 e. The molecule has 0 radical (unpaired) electrons. The number of aromatic nitrogens is 2. The molecule has 0 fully saturated rings. The number of unbranched alkanes of at least 4 members (excludes halogenated alkanes) is 2. The van der Waals surface area contributed by atoms with Crippen LogP contribution in [0.4, 0.5) is 0 Å². The zero-order valence-electron chi connectivity index (χ0n) is 16.3. The van der Waals surface area contributed by atoms with Gasteiger partial charge in [0, 0.05) is 18.5 Å². The fourth-order valence-electron chi connectivity index (χ4n) is 2.70. The second-order valence-electron chi connectivity index (χ2n) is 6.31. The van der Waals surface area contributed by atoms with E-state index in [2.05, 4.69) is 34.4 Å². The molecule has 9 heteroatoms. The Bertz CT molecular complexity index is 869. The summed E-state index contributed by atoms with van der Waals surface area (Å²) >= 11 is 6.94. The Kier molecular flexibility index (Phi) is 9.22. The number of nitrogens with zero attached hydrogens (tertiary/aromatic N) is 2. The minimum Gasteiger partial charge on any atom is -0.361 e. The molecule has 0 spiro atoms. The first kappa shape index (κ1) is 22.2. The first-order chi connectivity index (χ1) is 13.6. The van der Waals surface area contributed by atoms with Crippen molar-refractivity contribution in [1.29, 1.82) is 0 Å². The lowest BCUT2D eigenvalue weighted by atomic mass is 10.1. The second-order valence-corrected chi connectivity index (χ2v) is 7.70. The van der Waals surface area contributed by atoms with E-state index in [4.69, 9.17) is 12.2 Å². The van der Waals surface area contributed by atoms with Gasteiger partial charge in [-0.1, -0.05) is 38.0 Å². The number of fused-ring (bicyclic) bond motifs is 1. The molecule has 152 valence electrons. The minimum absolute atomic E-state index is 0.179. The minimum atomic E-state index is -0.436. The van der Waals surface area contributed by atoms with E-state index in [0.717, 1.165) is 38.0 Å². The molecule has 1 aromatic carbocycles. The molecule has 3 N–H and O–H groups in total. The highest BCUT2D eigenvalue weighted by Crippen LogP contribution is 2.13. The fraction of sp³-hybridized carbons (Fsp3) is 0.474. The van der Waals surface area contributed by atoms with Crippen molar-refractivity contribution in [3.8, 4) is 0 Å². The monoisotopic (exact) mass is 421 g/mol. The number of hydrogen-bond donors (Lipinski definition) is 3. The lowest BCUT2D eigenvalue weighted by Crippen LogP contribution is -2.47. The van der Waals surface area contributed by atoms with Crippen LogP contribution in [0.15, 0.2) is 29.1 Å². The van der Waals surface area contributed by atoms with Crippen molar-refractivity contribution in [2.24, 2.45) is 0 Å². The molecule has 2 rings (SSSR count). The van der Waals surface area contributed by atoms with Crippen LogP contribution in [0.25, 0.3) is 10.8 Å². The topological polar surface area (TPSA) is 88.1 Å². The average Bonchev–Trinajstić information content (AvgIpc) is 2.71. The highest BCUT2D eigenvalue weighted by atomic mass is 32.2. The molecule has 0 aliphatic rings. The van der Waals surface area contributed by atoms with Gasteiger partial charge in [0.1, 0.15) is 0 Å². The van der Waals surface area contributed by atoms with Crippen molar-refractivity contribution in [2.45, 2.75) is 39.2 Å². The van der Waals surface area contributed by atoms with Crippen LogP contribution in [-0.4, -0.2) is 39.4 Å². The number of carbonyl (C=O) groups is 1. The summed E-state index contributed by atoms with van der Waals surface area (Å²) in [5, 5.41) is 8.71. The van der Waals surface area contributed by atoms with Crippen LogP contribution in [-0.2, 0) is 6.54 Å². The van der Waals surface area contributed by atoms with Crippen molar-refractivity contribution in [1.82, 2.24) is 25.9 Å². The first-order valence-electron chi connectivity index (χ1n) is 9.41. The quantitative estimate of drug-likeness (QED) is 0.326. The van der Waals surface area contributed by atoms with Crippen LogP contribution in [0.5, 0.6) is 0 Å². The van der Waals surface area contributed by atoms with Crippen LogP contribution in [0.2, 0.25) is 0 Å². The number of hydrazine groups is 1. The Hall–Kier alpha value is -2.13. The number of thiocarbonyl (C=S) groups is 1. The Balaban J connectivity index is 2.13. The van der Waals surface area contributed by atoms with E-state index in [9.17, 15) is 9.59 Å². The van der Waals surface area contributed by atoms with Crippen molar-refractivity contribution in [3.63, 3.8) is 0 Å². The van der Waals surface area contributed by atoms with Crippen LogP contribution in [0.3, 0.4) is 0 Å². The fourth-order valence-corrected chi connectivity index (χ4v) is 3.29. The Morgan fingerprint density at radius 2 is 1.93 bits per heavy atom. The summed E-state index contributed by atoms with van der Waals surface area (Å²) in [5.74, 6) is 0.603. The van der Waals surface area contributed by atoms with Gasteiger partial charge >= 0.3 is 0 Å². The van der Waals surface area contributed by atoms with Gasteiger partial charge in [0.15, 0.2) is 10.8 Å². The molecule has 0 aliphatic heterocycles. The molecular weight excluding hydrogens is 394 g/mol. The van der Waals surface area contributed by atoms with E-state index in [0.29, 0.717) is 22.4 Å². The van der Waals surface area contributed by atoms with Crippen molar-refractivity contribution < 1.29 is 4.79 Å². The number of hydrogen-bond acceptors (Lipinski definition) is 5. The third-order valence-electron chi connectivity index (χ3n) is 4.16. The van der Waals surface area contributed by atoms with Gasteiger partial charge in [0.05, 0.1) is 5.39 Å². The normalized spacial score (nSPS) is 10.6. The van der Waals surface area contributed by atoms with Gasteiger partial charge < -0.3 is 5.32 Å². The lowest BCUT2D eigenvalue weighted by molar-refractivity contribution is 0.0938. The summed E-state index contributed by atoms with van der Waals surface area (Å²) in [5.41, 5.74) is 5.29. The summed E-state index contributed by atoms with van der Waals surface area (Å²) in [6.07, 6.45) is 5.91. The highest BCUT2D eigenvalue weighted by Gasteiger charge is 2.16. The van der Waals surface area contributed by atoms with Crippen LogP contribution < -0.4 is 21.7 Å². The number of amides is 1. The van der Waals surface area contributed by atoms with Crippen molar-refractivity contribution >= 4 is 45.8 Å². The van der Waals surface area contributed by atoms with Crippen LogP contribution in [0, 0.1) is 0 Å². The molecule has 0 bridgehead atoms. The number of nitrogens with one attached hydrogen (secondary N) is 3. The molecule has 1 heterocycles. The van der Waals surface area contributed by atoms with Gasteiger partial charge in [-0.2, -0.15) is 16.9 Å². The molecule has 0 saturated heterocycles. The van der Waals surface area contributed by atoms with Gasteiger partial charge in [0.2, 0.25) is 0 Å². The van der Waals surface area contributed by atoms with Crippen molar-refractivity contribution in [2.75, 3.05) is 18.6 Å². The van der Waals surface area contributed by atoms with E-state index in [1.807, 2.05) is 0 Å². The standard InChI is InChI=1S/C19H27N5O2S2/c1-3-4-7-12-24-18(26)15-10-6-5-9-14(15)16(23-24)17(25)21-22-19(27)20-11-8-13-28-2/h5-6,9-10H,3-4,7-8,11-13H2,1-2H3,(H,21,25)(H2,20,22,27). The third kappa shape index (κ3) is 6.20. The molecule has 1 amide bonds. The number of aryl methyl sites for hydroxylation is 1. The third-order valence-corrected chi connectivity index (χ3v) is 5.10. The second kappa shape index (κ2) is 11.7. The maximum atomic E-state index is 12.7. The molecule has 7 nitrogen and oxygen atoms in total. The highest BCUT2D eigenvalue weighted by molar-refractivity contribution is 7.98.